The predicted octanol–water partition coefficient (Wildman–Crippen LogP) is 5.34. The van der Waals surface area contributed by atoms with E-state index in [0.29, 0.717) is 23.9 Å². The zero-order valence-corrected chi connectivity index (χ0v) is 21.2. The lowest BCUT2D eigenvalue weighted by Crippen LogP contribution is -2.34. The number of benzene rings is 1. The van der Waals surface area contributed by atoms with Gasteiger partial charge in [0.15, 0.2) is 17.2 Å². The number of carbonyl (C=O) groups excluding carboxylic acids is 1. The first-order chi connectivity index (χ1) is 16.0. The highest BCUT2D eigenvalue weighted by Crippen LogP contribution is 2.34. The molecule has 1 aliphatic rings. The molecule has 7 nitrogen and oxygen atoms in total. The quantitative estimate of drug-likeness (QED) is 0.484. The number of ketones is 1. The Hall–Kier alpha value is -2.67. The van der Waals surface area contributed by atoms with Gasteiger partial charge in [0.25, 0.3) is 0 Å². The van der Waals surface area contributed by atoms with Crippen molar-refractivity contribution in [3.63, 3.8) is 0 Å². The molecule has 2 N–H and O–H groups in total. The van der Waals surface area contributed by atoms with Crippen molar-refractivity contribution in [2.75, 3.05) is 18.0 Å². The summed E-state index contributed by atoms with van der Waals surface area (Å²) in [5.41, 5.74) is 2.68. The molecule has 1 fully saturated rings. The van der Waals surface area contributed by atoms with Crippen LogP contribution in [0.25, 0.3) is 0 Å². The Bertz CT molecular complexity index is 1060. The summed E-state index contributed by atoms with van der Waals surface area (Å²) in [5, 5.41) is 19.8. The highest BCUT2D eigenvalue weighted by atomic mass is 35.5. The smallest absolute Gasteiger partial charge is 0.303 e. The molecular weight excluding hydrogens is 454 g/mol. The topological polar surface area (TPSA) is 104 Å². The van der Waals surface area contributed by atoms with Gasteiger partial charge in [0.2, 0.25) is 0 Å². The van der Waals surface area contributed by atoms with Crippen LogP contribution in [0.4, 0.5) is 5.69 Å². The van der Waals surface area contributed by atoms with E-state index in [1.54, 1.807) is 6.92 Å². The molecule has 0 atom stereocenters. The number of halogens is 1. The molecule has 184 valence electrons. The first-order valence-corrected chi connectivity index (χ1v) is 12.2. The third-order valence-electron chi connectivity index (χ3n) is 6.40. The highest BCUT2D eigenvalue weighted by molar-refractivity contribution is 6.33. The molecule has 0 spiro atoms. The molecule has 0 radical (unpaired) electrons. The van der Waals surface area contributed by atoms with Gasteiger partial charge in [0, 0.05) is 32.4 Å². The maximum atomic E-state index is 12.5. The van der Waals surface area contributed by atoms with Gasteiger partial charge in [-0.3, -0.25) is 9.59 Å². The summed E-state index contributed by atoms with van der Waals surface area (Å²) in [6.45, 7) is 9.92. The minimum atomic E-state index is -0.950. The Morgan fingerprint density at radius 1 is 1.15 bits per heavy atom. The lowest BCUT2D eigenvalue weighted by molar-refractivity contribution is -0.137. The third kappa shape index (κ3) is 6.47. The lowest BCUT2D eigenvalue weighted by Gasteiger charge is -2.34. The summed E-state index contributed by atoms with van der Waals surface area (Å²) in [7, 11) is 0. The number of aryl methyl sites for hydroxylation is 1. The third-order valence-corrected chi connectivity index (χ3v) is 6.71. The molecule has 0 amide bonds. The van der Waals surface area contributed by atoms with Crippen LogP contribution >= 0.6 is 11.6 Å². The molecular formula is C26H34ClN3O4. The summed E-state index contributed by atoms with van der Waals surface area (Å²) >= 11 is 6.62. The van der Waals surface area contributed by atoms with E-state index >= 15 is 0 Å². The van der Waals surface area contributed by atoms with E-state index in [1.807, 2.05) is 0 Å². The van der Waals surface area contributed by atoms with Crippen molar-refractivity contribution in [1.29, 1.82) is 0 Å². The minimum absolute atomic E-state index is 0.00366. The van der Waals surface area contributed by atoms with Crippen molar-refractivity contribution >= 4 is 29.0 Å². The molecule has 34 heavy (non-hydrogen) atoms. The van der Waals surface area contributed by atoms with Crippen molar-refractivity contribution in [2.24, 2.45) is 5.92 Å². The van der Waals surface area contributed by atoms with Crippen LogP contribution < -0.4 is 4.90 Å². The van der Waals surface area contributed by atoms with Gasteiger partial charge < -0.3 is 15.1 Å². The van der Waals surface area contributed by atoms with Crippen LogP contribution in [0.3, 0.4) is 0 Å². The maximum Gasteiger partial charge on any atom is 0.303 e. The van der Waals surface area contributed by atoms with Crippen molar-refractivity contribution < 1.29 is 19.8 Å². The SMILES string of the molecule is Cc1nc(CC2CCN(c3ccc(C(C)(C)C)cc3Cl)CC2)nc(C(=O)CCCC(=O)O)c1O. The molecule has 3 rings (SSSR count). The number of carboxylic acids is 1. The standard InChI is InChI=1S/C26H34ClN3O4/c1-16-25(34)24(21(31)6-5-7-23(32)33)29-22(28-16)14-17-10-12-30(13-11-17)20-9-8-18(15-19(20)27)26(2,3)4/h8-9,15,17,34H,5-7,10-14H2,1-4H3,(H,32,33). The number of carbonyl (C=O) groups is 2. The molecule has 1 aromatic heterocycles. The summed E-state index contributed by atoms with van der Waals surface area (Å²) in [6, 6.07) is 6.32. The van der Waals surface area contributed by atoms with Crippen LogP contribution in [0.2, 0.25) is 5.02 Å². The van der Waals surface area contributed by atoms with E-state index in [-0.39, 0.29) is 41.9 Å². The highest BCUT2D eigenvalue weighted by Gasteiger charge is 2.25. The van der Waals surface area contributed by atoms with Gasteiger partial charge in [-0.15, -0.1) is 0 Å². The zero-order chi connectivity index (χ0) is 25.0. The number of aliphatic carboxylic acids is 1. The van der Waals surface area contributed by atoms with Crippen molar-refractivity contribution in [2.45, 2.75) is 71.6 Å². The Morgan fingerprint density at radius 2 is 1.82 bits per heavy atom. The molecule has 8 heteroatoms. The number of carboxylic acid groups (broad SMARTS) is 1. The number of piperidine rings is 1. The number of Topliss-reactive ketones (excluding diaryl/α,β-unsaturated/α-hetero) is 1. The zero-order valence-electron chi connectivity index (χ0n) is 20.4. The van der Waals surface area contributed by atoms with Gasteiger partial charge in [-0.25, -0.2) is 9.97 Å². The molecule has 1 aromatic carbocycles. The van der Waals surface area contributed by atoms with Crippen molar-refractivity contribution in [3.8, 4) is 5.75 Å². The molecule has 0 aliphatic carbocycles. The molecule has 2 aromatic rings. The molecule has 0 unspecified atom stereocenters. The minimum Gasteiger partial charge on any atom is -0.504 e. The number of hydrogen-bond donors (Lipinski definition) is 2. The monoisotopic (exact) mass is 487 g/mol. The average Bonchev–Trinajstić information content (AvgIpc) is 2.75. The van der Waals surface area contributed by atoms with Crippen molar-refractivity contribution in [3.05, 3.63) is 46.0 Å². The number of aromatic hydroxyl groups is 1. The fourth-order valence-corrected chi connectivity index (χ4v) is 4.60. The summed E-state index contributed by atoms with van der Waals surface area (Å²) in [6.07, 6.45) is 2.67. The van der Waals surface area contributed by atoms with Crippen LogP contribution in [0.15, 0.2) is 18.2 Å². The van der Waals surface area contributed by atoms with E-state index in [9.17, 15) is 14.7 Å². The number of aromatic nitrogens is 2. The van der Waals surface area contributed by atoms with E-state index in [4.69, 9.17) is 16.7 Å². The van der Waals surface area contributed by atoms with E-state index in [2.05, 4.69) is 53.8 Å². The Morgan fingerprint density at radius 3 is 2.41 bits per heavy atom. The van der Waals surface area contributed by atoms with Crippen LogP contribution in [0, 0.1) is 12.8 Å². The van der Waals surface area contributed by atoms with Gasteiger partial charge >= 0.3 is 5.97 Å². The van der Waals surface area contributed by atoms with Gasteiger partial charge in [-0.1, -0.05) is 38.4 Å². The fraction of sp³-hybridized carbons (Fsp3) is 0.538. The second kappa shape index (κ2) is 10.7. The van der Waals surface area contributed by atoms with Crippen LogP contribution in [-0.4, -0.2) is 45.0 Å². The van der Waals surface area contributed by atoms with Gasteiger partial charge in [-0.05, 0) is 55.2 Å². The Kier molecular flexibility index (Phi) is 8.18. The van der Waals surface area contributed by atoms with Crippen LogP contribution in [0.1, 0.15) is 80.4 Å². The molecule has 2 heterocycles. The largest absolute Gasteiger partial charge is 0.504 e. The summed E-state index contributed by atoms with van der Waals surface area (Å²) in [4.78, 5) is 34.3. The summed E-state index contributed by atoms with van der Waals surface area (Å²) in [5.74, 6) is -0.610. The predicted molar refractivity (Wildman–Crippen MR) is 133 cm³/mol. The second-order valence-electron chi connectivity index (χ2n) is 10.1. The van der Waals surface area contributed by atoms with Gasteiger partial charge in [0.1, 0.15) is 5.82 Å². The normalized spacial score (nSPS) is 14.9. The number of nitrogens with zero attached hydrogens (tertiary/aromatic N) is 3. The molecule has 1 aliphatic heterocycles. The Labute approximate surface area is 206 Å². The first kappa shape index (κ1) is 25.9. The number of rotatable bonds is 8. The summed E-state index contributed by atoms with van der Waals surface area (Å²) < 4.78 is 0. The van der Waals surface area contributed by atoms with Crippen LogP contribution in [0.5, 0.6) is 5.75 Å². The van der Waals surface area contributed by atoms with Crippen molar-refractivity contribution in [1.82, 2.24) is 9.97 Å². The Balaban J connectivity index is 1.63. The van der Waals surface area contributed by atoms with Gasteiger partial charge in [0.05, 0.1) is 16.4 Å². The maximum absolute atomic E-state index is 12.5. The fourth-order valence-electron chi connectivity index (χ4n) is 4.30. The number of anilines is 1. The van der Waals surface area contributed by atoms with E-state index in [0.717, 1.165) is 36.6 Å². The molecule has 1 saturated heterocycles. The number of hydrogen-bond acceptors (Lipinski definition) is 6. The molecule has 0 saturated carbocycles. The van der Waals surface area contributed by atoms with E-state index in [1.165, 1.54) is 5.56 Å². The van der Waals surface area contributed by atoms with Gasteiger partial charge in [-0.2, -0.15) is 0 Å². The lowest BCUT2D eigenvalue weighted by atomic mass is 9.87. The first-order valence-electron chi connectivity index (χ1n) is 11.8. The second-order valence-corrected chi connectivity index (χ2v) is 10.6. The van der Waals surface area contributed by atoms with Crippen LogP contribution in [-0.2, 0) is 16.6 Å². The molecule has 0 bridgehead atoms. The average molecular weight is 488 g/mol. The van der Waals surface area contributed by atoms with E-state index < -0.39 is 5.97 Å².